The maximum absolute atomic E-state index is 13.7. The monoisotopic (exact) mass is 298 g/mol. The molecule has 1 unspecified atom stereocenters. The number of benzene rings is 1. The van der Waals surface area contributed by atoms with Crippen LogP contribution in [0.25, 0.3) is 0 Å². The summed E-state index contributed by atoms with van der Waals surface area (Å²) in [6.45, 7) is 6.17. The molecule has 0 aromatic heterocycles. The highest BCUT2D eigenvalue weighted by atomic mass is 32.1. The Kier molecular flexibility index (Phi) is 5.88. The van der Waals surface area contributed by atoms with Crippen LogP contribution in [0, 0.1) is 11.7 Å². The fraction of sp³-hybridized carbons (Fsp3) is 0.429. The van der Waals surface area contributed by atoms with E-state index in [0.29, 0.717) is 12.5 Å². The quantitative estimate of drug-likeness (QED) is 0.789. The number of rotatable bonds is 6. The van der Waals surface area contributed by atoms with Gasteiger partial charge < -0.3 is 15.8 Å². The molecule has 0 heterocycles. The molecule has 6 heteroatoms. The number of carbonyl (C=O) groups excluding carboxylic acids is 1. The number of carbonyl (C=O) groups is 1. The zero-order valence-corrected chi connectivity index (χ0v) is 12.6. The predicted octanol–water partition coefficient (Wildman–Crippen LogP) is 2.00. The van der Waals surface area contributed by atoms with E-state index in [2.05, 4.69) is 5.32 Å². The largest absolute Gasteiger partial charge is 0.481 e. The van der Waals surface area contributed by atoms with Crippen molar-refractivity contribution in [1.29, 1.82) is 0 Å². The van der Waals surface area contributed by atoms with Gasteiger partial charge in [-0.15, -0.1) is 0 Å². The molecule has 1 aromatic carbocycles. The normalized spacial score (nSPS) is 12.1. The van der Waals surface area contributed by atoms with Gasteiger partial charge in [-0.2, -0.15) is 0 Å². The molecule has 0 radical (unpaired) electrons. The van der Waals surface area contributed by atoms with Gasteiger partial charge in [0.1, 0.15) is 16.6 Å². The summed E-state index contributed by atoms with van der Waals surface area (Å²) in [7, 11) is 0. The average molecular weight is 298 g/mol. The van der Waals surface area contributed by atoms with Gasteiger partial charge in [0.2, 0.25) is 0 Å². The lowest BCUT2D eigenvalue weighted by atomic mass is 10.2. The van der Waals surface area contributed by atoms with Gasteiger partial charge in [-0.3, -0.25) is 4.79 Å². The Hall–Kier alpha value is -1.69. The van der Waals surface area contributed by atoms with Crippen LogP contribution in [0.1, 0.15) is 26.3 Å². The van der Waals surface area contributed by atoms with Crippen LogP contribution in [0.3, 0.4) is 0 Å². The van der Waals surface area contributed by atoms with E-state index in [0.717, 1.165) is 0 Å². The molecule has 0 bridgehead atoms. The Balaban J connectivity index is 2.66. The molecule has 20 heavy (non-hydrogen) atoms. The summed E-state index contributed by atoms with van der Waals surface area (Å²) >= 11 is 4.71. The molecule has 0 saturated heterocycles. The topological polar surface area (TPSA) is 64.3 Å². The minimum absolute atomic E-state index is 0.0169. The van der Waals surface area contributed by atoms with Crippen molar-refractivity contribution in [3.05, 3.63) is 29.6 Å². The molecule has 1 aromatic rings. The zero-order chi connectivity index (χ0) is 15.3. The molecule has 110 valence electrons. The van der Waals surface area contributed by atoms with Gasteiger partial charge in [0.15, 0.2) is 6.10 Å². The SMILES string of the molecule is CC(C)CNC(=O)C(C)Oc1ccc(C(N)=S)c(F)c1. The molecular weight excluding hydrogens is 279 g/mol. The number of ether oxygens (including phenoxy) is 1. The number of nitrogens with one attached hydrogen (secondary N) is 1. The van der Waals surface area contributed by atoms with Gasteiger partial charge in [-0.05, 0) is 25.0 Å². The van der Waals surface area contributed by atoms with Gasteiger partial charge in [0, 0.05) is 18.2 Å². The second-order valence-electron chi connectivity index (χ2n) is 4.90. The molecule has 0 aliphatic carbocycles. The van der Waals surface area contributed by atoms with E-state index < -0.39 is 11.9 Å². The first-order valence-electron chi connectivity index (χ1n) is 6.35. The third-order valence-corrected chi connectivity index (χ3v) is 2.79. The molecule has 0 fully saturated rings. The smallest absolute Gasteiger partial charge is 0.260 e. The maximum Gasteiger partial charge on any atom is 0.260 e. The number of nitrogens with two attached hydrogens (primary N) is 1. The summed E-state index contributed by atoms with van der Waals surface area (Å²) in [6.07, 6.45) is -0.705. The maximum atomic E-state index is 13.7. The lowest BCUT2D eigenvalue weighted by molar-refractivity contribution is -0.127. The van der Waals surface area contributed by atoms with Crippen LogP contribution < -0.4 is 15.8 Å². The fourth-order valence-corrected chi connectivity index (χ4v) is 1.64. The highest BCUT2D eigenvalue weighted by Crippen LogP contribution is 2.18. The van der Waals surface area contributed by atoms with E-state index in [1.54, 1.807) is 6.92 Å². The van der Waals surface area contributed by atoms with Crippen LogP contribution in [-0.2, 0) is 4.79 Å². The average Bonchev–Trinajstić information content (AvgIpc) is 2.35. The molecule has 0 saturated carbocycles. The number of amides is 1. The molecule has 3 N–H and O–H groups in total. The highest BCUT2D eigenvalue weighted by molar-refractivity contribution is 7.80. The molecule has 0 aliphatic rings. The van der Waals surface area contributed by atoms with Gasteiger partial charge >= 0.3 is 0 Å². The van der Waals surface area contributed by atoms with Crippen molar-refractivity contribution in [3.8, 4) is 5.75 Å². The Morgan fingerprint density at radius 2 is 2.10 bits per heavy atom. The van der Waals surface area contributed by atoms with Crippen molar-refractivity contribution < 1.29 is 13.9 Å². The van der Waals surface area contributed by atoms with Crippen molar-refractivity contribution in [2.45, 2.75) is 26.9 Å². The molecule has 4 nitrogen and oxygen atoms in total. The summed E-state index contributed by atoms with van der Waals surface area (Å²) in [4.78, 5) is 11.7. The van der Waals surface area contributed by atoms with Gasteiger partial charge in [-0.1, -0.05) is 26.1 Å². The second kappa shape index (κ2) is 7.19. The Bertz CT molecular complexity index is 506. The summed E-state index contributed by atoms with van der Waals surface area (Å²) in [6, 6.07) is 4.14. The minimum Gasteiger partial charge on any atom is -0.481 e. The molecule has 0 spiro atoms. The van der Waals surface area contributed by atoms with Crippen LogP contribution in [0.4, 0.5) is 4.39 Å². The Morgan fingerprint density at radius 3 is 2.60 bits per heavy atom. The predicted molar refractivity (Wildman–Crippen MR) is 80.2 cm³/mol. The van der Waals surface area contributed by atoms with Gasteiger partial charge in [-0.25, -0.2) is 4.39 Å². The molecule has 1 rings (SSSR count). The summed E-state index contributed by atoms with van der Waals surface area (Å²) in [5.74, 6) is -0.189. The standard InChI is InChI=1S/C14H19FN2O2S/c1-8(2)7-17-14(18)9(3)19-10-4-5-11(13(16)20)12(15)6-10/h4-6,8-9H,7H2,1-3H3,(H2,16,20)(H,17,18). The van der Waals surface area contributed by atoms with Crippen LogP contribution in [0.2, 0.25) is 0 Å². The zero-order valence-electron chi connectivity index (χ0n) is 11.8. The van der Waals surface area contributed by atoms with Crippen LogP contribution in [0.15, 0.2) is 18.2 Å². The summed E-state index contributed by atoms with van der Waals surface area (Å²) < 4.78 is 19.0. The first kappa shape index (κ1) is 16.4. The van der Waals surface area contributed by atoms with E-state index >= 15 is 0 Å². The van der Waals surface area contributed by atoms with Crippen molar-refractivity contribution in [2.24, 2.45) is 11.7 Å². The van der Waals surface area contributed by atoms with Gasteiger partial charge in [0.25, 0.3) is 5.91 Å². The summed E-state index contributed by atoms with van der Waals surface area (Å²) in [5.41, 5.74) is 5.53. The third kappa shape index (κ3) is 4.77. The summed E-state index contributed by atoms with van der Waals surface area (Å²) in [5, 5.41) is 2.75. The number of thiocarbonyl (C=S) groups is 1. The van der Waals surface area contributed by atoms with E-state index in [1.807, 2.05) is 13.8 Å². The molecule has 1 amide bonds. The number of hydrogen-bond donors (Lipinski definition) is 2. The van der Waals surface area contributed by atoms with Crippen LogP contribution in [-0.4, -0.2) is 23.5 Å². The first-order chi connectivity index (χ1) is 9.31. The molecule has 0 aliphatic heterocycles. The lowest BCUT2D eigenvalue weighted by Gasteiger charge is -2.16. The van der Waals surface area contributed by atoms with Crippen LogP contribution in [0.5, 0.6) is 5.75 Å². The second-order valence-corrected chi connectivity index (χ2v) is 5.34. The lowest BCUT2D eigenvalue weighted by Crippen LogP contribution is -2.38. The van der Waals surface area contributed by atoms with E-state index in [9.17, 15) is 9.18 Å². The van der Waals surface area contributed by atoms with Crippen molar-refractivity contribution in [2.75, 3.05) is 6.54 Å². The van der Waals surface area contributed by atoms with E-state index in [4.69, 9.17) is 22.7 Å². The van der Waals surface area contributed by atoms with Crippen LogP contribution >= 0.6 is 12.2 Å². The third-order valence-electron chi connectivity index (χ3n) is 2.57. The Labute approximate surface area is 123 Å². The fourth-order valence-electron chi connectivity index (χ4n) is 1.48. The number of halogens is 1. The van der Waals surface area contributed by atoms with Crippen molar-refractivity contribution >= 4 is 23.1 Å². The molecular formula is C14H19FN2O2S. The van der Waals surface area contributed by atoms with Crippen molar-refractivity contribution in [3.63, 3.8) is 0 Å². The Morgan fingerprint density at radius 1 is 1.45 bits per heavy atom. The molecule has 1 atom stereocenters. The van der Waals surface area contributed by atoms with Crippen molar-refractivity contribution in [1.82, 2.24) is 5.32 Å². The first-order valence-corrected chi connectivity index (χ1v) is 6.75. The number of hydrogen-bond acceptors (Lipinski definition) is 3. The van der Waals surface area contributed by atoms with E-state index in [-0.39, 0.29) is 22.2 Å². The highest BCUT2D eigenvalue weighted by Gasteiger charge is 2.15. The minimum atomic E-state index is -0.705. The van der Waals surface area contributed by atoms with E-state index in [1.165, 1.54) is 18.2 Å². The van der Waals surface area contributed by atoms with Gasteiger partial charge in [0.05, 0.1) is 0 Å².